The van der Waals surface area contributed by atoms with E-state index >= 15 is 0 Å². The summed E-state index contributed by atoms with van der Waals surface area (Å²) in [5.74, 6) is -2.70. The molecular weight excluding hydrogens is 258 g/mol. The highest BCUT2D eigenvalue weighted by Gasteiger charge is 2.56. The van der Waals surface area contributed by atoms with Crippen LogP contribution in [0.4, 0.5) is 5.69 Å². The third kappa shape index (κ3) is 2.51. The van der Waals surface area contributed by atoms with Gasteiger partial charge in [0.05, 0.1) is 18.8 Å². The van der Waals surface area contributed by atoms with Crippen molar-refractivity contribution in [1.29, 1.82) is 0 Å². The van der Waals surface area contributed by atoms with Crippen molar-refractivity contribution >= 4 is 11.7 Å². The zero-order valence-corrected chi connectivity index (χ0v) is 12.2. The zero-order valence-electron chi connectivity index (χ0n) is 12.2. The minimum Gasteiger partial charge on any atom is -0.469 e. The molecule has 3 atom stereocenters. The topological polar surface area (TPSA) is 59.0 Å². The fourth-order valence-corrected chi connectivity index (χ4v) is 2.71. The van der Waals surface area contributed by atoms with Crippen LogP contribution in [-0.2, 0) is 14.4 Å². The molecule has 5 nitrogen and oxygen atoms in total. The molecule has 0 amide bonds. The largest absolute Gasteiger partial charge is 0.469 e. The van der Waals surface area contributed by atoms with Gasteiger partial charge in [-0.15, -0.1) is 0 Å². The Kier molecular flexibility index (Phi) is 4.01. The molecule has 1 fully saturated rings. The Labute approximate surface area is 119 Å². The summed E-state index contributed by atoms with van der Waals surface area (Å²) in [7, 11) is 1.32. The Hall–Kier alpha value is -1.59. The molecule has 1 aliphatic heterocycles. The normalized spacial score (nSPS) is 29.8. The Bertz CT molecular complexity index is 472. The summed E-state index contributed by atoms with van der Waals surface area (Å²) in [6, 6.07) is 9.14. The van der Waals surface area contributed by atoms with Gasteiger partial charge in [0, 0.05) is 0 Å². The molecule has 0 spiro atoms. The first-order valence-corrected chi connectivity index (χ1v) is 6.72. The zero-order chi connectivity index (χ0) is 14.9. The molecule has 1 aromatic rings. The minimum atomic E-state index is -1.59. The summed E-state index contributed by atoms with van der Waals surface area (Å²) in [5, 5.41) is 12.1. The summed E-state index contributed by atoms with van der Waals surface area (Å²) < 4.78 is 4.83. The minimum absolute atomic E-state index is 0.105. The van der Waals surface area contributed by atoms with Crippen molar-refractivity contribution in [2.24, 2.45) is 11.8 Å². The molecular formula is C15H21NO4. The van der Waals surface area contributed by atoms with Gasteiger partial charge in [0.1, 0.15) is 5.92 Å². The van der Waals surface area contributed by atoms with Gasteiger partial charge in [-0.3, -0.25) is 4.79 Å². The molecule has 1 N–H and O–H groups in total. The lowest BCUT2D eigenvalue weighted by Gasteiger charge is -2.28. The van der Waals surface area contributed by atoms with Crippen molar-refractivity contribution in [1.82, 2.24) is 0 Å². The van der Waals surface area contributed by atoms with E-state index in [2.05, 4.69) is 0 Å². The van der Waals surface area contributed by atoms with Crippen LogP contribution in [0, 0.1) is 11.8 Å². The predicted octanol–water partition coefficient (Wildman–Crippen LogP) is 1.96. The molecule has 0 bridgehead atoms. The number of para-hydroxylation sites is 1. The summed E-state index contributed by atoms with van der Waals surface area (Å²) in [6.07, 6.45) is 0. The predicted molar refractivity (Wildman–Crippen MR) is 74.8 cm³/mol. The highest BCUT2D eigenvalue weighted by atomic mass is 16.8. The maximum absolute atomic E-state index is 12.0. The van der Waals surface area contributed by atoms with Crippen LogP contribution in [0.1, 0.15) is 20.8 Å². The molecule has 1 aromatic carbocycles. The molecule has 1 saturated heterocycles. The van der Waals surface area contributed by atoms with Gasteiger partial charge in [0.15, 0.2) is 0 Å². The molecule has 0 radical (unpaired) electrons. The molecule has 0 aliphatic carbocycles. The summed E-state index contributed by atoms with van der Waals surface area (Å²) in [5.41, 5.74) is 0.804. The lowest BCUT2D eigenvalue weighted by atomic mass is 9.86. The SMILES string of the molecule is COC(=O)[C@H]1[C@H](C(C)C)N(c2ccccc2)O[C@]1(C)O. The summed E-state index contributed by atoms with van der Waals surface area (Å²) in [6.45, 7) is 5.47. The highest BCUT2D eigenvalue weighted by molar-refractivity contribution is 5.76. The number of hydrogen-bond acceptors (Lipinski definition) is 5. The second-order valence-electron chi connectivity index (χ2n) is 5.54. The van der Waals surface area contributed by atoms with Crippen LogP contribution in [-0.4, -0.2) is 30.0 Å². The van der Waals surface area contributed by atoms with E-state index in [-0.39, 0.29) is 12.0 Å². The van der Waals surface area contributed by atoms with Crippen LogP contribution >= 0.6 is 0 Å². The van der Waals surface area contributed by atoms with E-state index in [9.17, 15) is 9.90 Å². The van der Waals surface area contributed by atoms with Gasteiger partial charge in [0.2, 0.25) is 5.79 Å². The molecule has 0 saturated carbocycles. The Morgan fingerprint density at radius 1 is 1.40 bits per heavy atom. The van der Waals surface area contributed by atoms with Gasteiger partial charge in [-0.2, -0.15) is 0 Å². The lowest BCUT2D eigenvalue weighted by molar-refractivity contribution is -0.198. The molecule has 1 heterocycles. The van der Waals surface area contributed by atoms with Crippen molar-refractivity contribution in [2.45, 2.75) is 32.6 Å². The van der Waals surface area contributed by atoms with E-state index in [4.69, 9.17) is 9.57 Å². The average molecular weight is 279 g/mol. The van der Waals surface area contributed by atoms with E-state index in [1.165, 1.54) is 14.0 Å². The van der Waals surface area contributed by atoms with Gasteiger partial charge >= 0.3 is 5.97 Å². The first kappa shape index (κ1) is 14.8. The van der Waals surface area contributed by atoms with E-state index < -0.39 is 17.7 Å². The Balaban J connectivity index is 2.42. The number of anilines is 1. The third-order valence-electron chi connectivity index (χ3n) is 3.62. The van der Waals surface area contributed by atoms with Gasteiger partial charge in [0.25, 0.3) is 0 Å². The molecule has 2 rings (SSSR count). The number of hydrogen-bond donors (Lipinski definition) is 1. The van der Waals surface area contributed by atoms with Crippen molar-refractivity contribution in [3.05, 3.63) is 30.3 Å². The smallest absolute Gasteiger partial charge is 0.316 e. The van der Waals surface area contributed by atoms with Crippen molar-refractivity contribution < 1.29 is 19.5 Å². The molecule has 20 heavy (non-hydrogen) atoms. The monoisotopic (exact) mass is 279 g/mol. The Morgan fingerprint density at radius 2 is 2.00 bits per heavy atom. The van der Waals surface area contributed by atoms with Gasteiger partial charge < -0.3 is 9.84 Å². The average Bonchev–Trinajstić information content (AvgIpc) is 2.71. The van der Waals surface area contributed by atoms with Crippen LogP contribution in [0.5, 0.6) is 0 Å². The number of ether oxygens (including phenoxy) is 1. The Morgan fingerprint density at radius 3 is 2.50 bits per heavy atom. The molecule has 1 aliphatic rings. The van der Waals surface area contributed by atoms with E-state index in [0.717, 1.165) is 5.69 Å². The summed E-state index contributed by atoms with van der Waals surface area (Å²) in [4.78, 5) is 17.7. The number of methoxy groups -OCH3 is 1. The quantitative estimate of drug-likeness (QED) is 0.857. The maximum atomic E-state index is 12.0. The van der Waals surface area contributed by atoms with E-state index in [1.54, 1.807) is 5.06 Å². The first-order valence-electron chi connectivity index (χ1n) is 6.72. The second-order valence-corrected chi connectivity index (χ2v) is 5.54. The number of hydroxylamine groups is 1. The van der Waals surface area contributed by atoms with Gasteiger partial charge in [-0.25, -0.2) is 9.90 Å². The van der Waals surface area contributed by atoms with Crippen molar-refractivity contribution in [3.8, 4) is 0 Å². The number of benzene rings is 1. The lowest BCUT2D eigenvalue weighted by Crippen LogP contribution is -2.44. The van der Waals surface area contributed by atoms with E-state index in [1.807, 2.05) is 44.2 Å². The number of esters is 1. The highest BCUT2D eigenvalue weighted by Crippen LogP contribution is 2.41. The molecule has 0 unspecified atom stereocenters. The first-order chi connectivity index (χ1) is 9.38. The third-order valence-corrected chi connectivity index (χ3v) is 3.62. The van der Waals surface area contributed by atoms with E-state index in [0.29, 0.717) is 0 Å². The van der Waals surface area contributed by atoms with Crippen LogP contribution in [0.2, 0.25) is 0 Å². The number of aliphatic hydroxyl groups is 1. The van der Waals surface area contributed by atoms with Gasteiger partial charge in [-0.05, 0) is 25.0 Å². The van der Waals surface area contributed by atoms with Crippen LogP contribution in [0.3, 0.4) is 0 Å². The number of carbonyl (C=O) groups excluding carboxylic acids is 1. The van der Waals surface area contributed by atoms with Gasteiger partial charge in [-0.1, -0.05) is 32.0 Å². The van der Waals surface area contributed by atoms with Crippen LogP contribution in [0.15, 0.2) is 30.3 Å². The molecule has 5 heteroatoms. The van der Waals surface area contributed by atoms with Crippen LogP contribution in [0.25, 0.3) is 0 Å². The van der Waals surface area contributed by atoms with Crippen molar-refractivity contribution in [3.63, 3.8) is 0 Å². The summed E-state index contributed by atoms with van der Waals surface area (Å²) >= 11 is 0. The number of carbonyl (C=O) groups is 1. The van der Waals surface area contributed by atoms with Crippen molar-refractivity contribution in [2.75, 3.05) is 12.2 Å². The maximum Gasteiger partial charge on any atom is 0.316 e. The fourth-order valence-electron chi connectivity index (χ4n) is 2.71. The second kappa shape index (κ2) is 5.42. The standard InChI is InChI=1S/C15H21NO4/c1-10(2)13-12(14(17)19-4)15(3,18)20-16(13)11-8-6-5-7-9-11/h5-10,12-13,18H,1-4H3/t12-,13+,15+/m1/s1. The molecule has 110 valence electrons. The number of nitrogens with zero attached hydrogens (tertiary/aromatic N) is 1. The van der Waals surface area contributed by atoms with Crippen LogP contribution < -0.4 is 5.06 Å². The fraction of sp³-hybridized carbons (Fsp3) is 0.533. The molecule has 0 aromatic heterocycles. The number of rotatable bonds is 3.